The van der Waals surface area contributed by atoms with Gasteiger partial charge in [-0.2, -0.15) is 0 Å². The van der Waals surface area contributed by atoms with Crippen molar-refractivity contribution in [3.63, 3.8) is 0 Å². The first-order valence-electron chi connectivity index (χ1n) is 23.4. The van der Waals surface area contributed by atoms with Gasteiger partial charge in [0.25, 0.3) is 0 Å². The molecule has 0 spiro atoms. The van der Waals surface area contributed by atoms with Gasteiger partial charge in [0.1, 0.15) is 11.1 Å². The molecule has 12 rings (SSSR count). The number of nitrogens with one attached hydrogen (secondary N) is 2. The van der Waals surface area contributed by atoms with Crippen molar-refractivity contribution in [2.24, 2.45) is 0 Å². The number of rotatable bonds is 8. The van der Waals surface area contributed by atoms with E-state index in [9.17, 15) is 0 Å². The Labute approximate surface area is 399 Å². The van der Waals surface area contributed by atoms with Crippen LogP contribution in [-0.2, 0) is 11.1 Å². The Hall–Kier alpha value is -8.72. The quantitative estimate of drug-likeness (QED) is 0.159. The normalized spacial score (nSPS) is 17.2. The summed E-state index contributed by atoms with van der Waals surface area (Å²) in [4.78, 5) is 0. The van der Waals surface area contributed by atoms with E-state index in [-0.39, 0.29) is 0 Å². The number of hydrogen-bond donors (Lipinski definition) is 2. The maximum absolute atomic E-state index is 3.91. The third kappa shape index (κ3) is 8.36. The molecule has 0 unspecified atom stereocenters. The average molecular weight is 871 g/mol. The summed E-state index contributed by atoms with van der Waals surface area (Å²) in [6.07, 6.45) is 18.2. The maximum atomic E-state index is 3.91. The highest BCUT2D eigenvalue weighted by Crippen LogP contribution is 2.40. The highest BCUT2D eigenvalue weighted by atomic mass is 15.0. The van der Waals surface area contributed by atoms with Gasteiger partial charge >= 0.3 is 0 Å². The summed E-state index contributed by atoms with van der Waals surface area (Å²) in [6.45, 7) is 0. The van der Waals surface area contributed by atoms with Gasteiger partial charge in [-0.3, -0.25) is 0 Å². The lowest BCUT2D eigenvalue weighted by atomic mass is 9.81. The van der Waals surface area contributed by atoms with Gasteiger partial charge in [0.05, 0.1) is 0 Å². The first kappa shape index (κ1) is 41.9. The lowest BCUT2D eigenvalue weighted by molar-refractivity contribution is 0.768. The minimum atomic E-state index is -0.485. The van der Waals surface area contributed by atoms with Crippen molar-refractivity contribution < 1.29 is 0 Å². The number of hydrogen-bond acceptors (Lipinski definition) is 2. The zero-order chi connectivity index (χ0) is 45.6. The van der Waals surface area contributed by atoms with E-state index in [1.54, 1.807) is 0 Å². The van der Waals surface area contributed by atoms with Crippen LogP contribution in [0.3, 0.4) is 0 Å². The number of benzene rings is 10. The fourth-order valence-corrected chi connectivity index (χ4v) is 9.78. The van der Waals surface area contributed by atoms with Gasteiger partial charge in [0.15, 0.2) is 0 Å². The Balaban J connectivity index is 0.000000192. The van der Waals surface area contributed by atoms with Crippen LogP contribution < -0.4 is 10.6 Å². The molecule has 0 aliphatic heterocycles. The molecule has 0 saturated carbocycles. The summed E-state index contributed by atoms with van der Waals surface area (Å²) in [7, 11) is 0. The minimum absolute atomic E-state index is 0.485. The molecule has 0 atom stereocenters. The lowest BCUT2D eigenvalue weighted by Crippen LogP contribution is -2.33. The summed E-state index contributed by atoms with van der Waals surface area (Å²) >= 11 is 0. The van der Waals surface area contributed by atoms with Crippen molar-refractivity contribution in [3.8, 4) is 22.3 Å². The first-order valence-corrected chi connectivity index (χ1v) is 23.4. The third-order valence-electron chi connectivity index (χ3n) is 13.3. The van der Waals surface area contributed by atoms with E-state index in [2.05, 4.69) is 302 Å². The summed E-state index contributed by atoms with van der Waals surface area (Å²) in [5.74, 6) is 0. The second-order valence-corrected chi connectivity index (χ2v) is 17.5. The molecule has 0 bridgehead atoms. The molecule has 2 aliphatic rings. The van der Waals surface area contributed by atoms with Gasteiger partial charge in [-0.05, 0) is 78.2 Å². The van der Waals surface area contributed by atoms with E-state index in [0.717, 1.165) is 11.4 Å². The molecule has 0 fully saturated rings. The molecule has 0 amide bonds. The van der Waals surface area contributed by atoms with Gasteiger partial charge in [0.2, 0.25) is 0 Å². The molecule has 0 saturated heterocycles. The molecule has 324 valence electrons. The number of anilines is 2. The SMILES string of the molecule is C1=CC(Nc2cccc3ccccc23)(c2ccccc2)C=CC1=C1C=CC(Nc2cccc3ccccc23)(c2ccccc2)C=C1.c1ccc(-c2ccccc2-c2cccc3ccccc23)cc1. The van der Waals surface area contributed by atoms with Gasteiger partial charge in [-0.25, -0.2) is 0 Å². The zero-order valence-corrected chi connectivity index (χ0v) is 37.7. The van der Waals surface area contributed by atoms with E-state index >= 15 is 0 Å². The van der Waals surface area contributed by atoms with Crippen LogP contribution in [-0.4, -0.2) is 0 Å². The molecule has 0 radical (unpaired) electrons. The molecular formula is C66H50N2. The van der Waals surface area contributed by atoms with Crippen LogP contribution in [0.2, 0.25) is 0 Å². The smallest absolute Gasteiger partial charge is 0.100 e. The highest BCUT2D eigenvalue weighted by molar-refractivity contribution is 6.00. The summed E-state index contributed by atoms with van der Waals surface area (Å²) in [5.41, 5.74) is 11.1. The second kappa shape index (κ2) is 18.6. The molecule has 2 aliphatic carbocycles. The van der Waals surface area contributed by atoms with Crippen molar-refractivity contribution in [1.29, 1.82) is 0 Å². The lowest BCUT2D eigenvalue weighted by Gasteiger charge is -2.35. The van der Waals surface area contributed by atoms with Gasteiger partial charge < -0.3 is 10.6 Å². The second-order valence-electron chi connectivity index (χ2n) is 17.5. The standard InChI is InChI=1S/C44H34N2.C22H16/c1-3-17-37(18-4-1)43(45-41-23-11-15-35-13-7-9-21-39(35)41)29-25-33(26-30-43)34-27-31-44(32-28-34,38-19-5-2-6-20-38)46-42-24-12-16-36-14-8-10-22-40(36)42;1-2-9-17(10-3-1)19-14-6-7-15-21(19)22-16-8-12-18-11-4-5-13-20(18)22/h1-32,45-46H;1-16H. The van der Waals surface area contributed by atoms with E-state index in [4.69, 9.17) is 0 Å². The predicted octanol–water partition coefficient (Wildman–Crippen LogP) is 17.0. The Morgan fingerprint density at radius 3 is 1.07 bits per heavy atom. The summed E-state index contributed by atoms with van der Waals surface area (Å²) in [6, 6.07) is 85.6. The third-order valence-corrected chi connectivity index (χ3v) is 13.3. The number of fused-ring (bicyclic) bond motifs is 3. The summed E-state index contributed by atoms with van der Waals surface area (Å²) < 4.78 is 0. The van der Waals surface area contributed by atoms with E-state index in [1.165, 1.54) is 76.8 Å². The molecule has 68 heavy (non-hydrogen) atoms. The van der Waals surface area contributed by atoms with E-state index in [0.29, 0.717) is 0 Å². The average Bonchev–Trinajstić information content (AvgIpc) is 3.42. The van der Waals surface area contributed by atoms with E-state index < -0.39 is 11.1 Å². The Bertz CT molecular complexity index is 3350. The molecule has 10 aromatic rings. The van der Waals surface area contributed by atoms with Crippen molar-refractivity contribution >= 4 is 43.7 Å². The summed E-state index contributed by atoms with van der Waals surface area (Å²) in [5, 5.41) is 15.3. The fraction of sp³-hybridized carbons (Fsp3) is 0.0303. The molecule has 0 aromatic heterocycles. The zero-order valence-electron chi connectivity index (χ0n) is 37.7. The Morgan fingerprint density at radius 1 is 0.250 bits per heavy atom. The van der Waals surface area contributed by atoms with Crippen molar-refractivity contribution in [2.45, 2.75) is 11.1 Å². The van der Waals surface area contributed by atoms with Crippen LogP contribution in [0.25, 0.3) is 54.6 Å². The van der Waals surface area contributed by atoms with Gasteiger partial charge in [-0.15, -0.1) is 0 Å². The van der Waals surface area contributed by atoms with Crippen LogP contribution in [0, 0.1) is 0 Å². The monoisotopic (exact) mass is 870 g/mol. The van der Waals surface area contributed by atoms with Crippen LogP contribution in [0.15, 0.2) is 302 Å². The molecule has 2 nitrogen and oxygen atoms in total. The topological polar surface area (TPSA) is 24.1 Å². The largest absolute Gasteiger partial charge is 0.368 e. The van der Waals surface area contributed by atoms with E-state index in [1.807, 2.05) is 0 Å². The molecule has 2 N–H and O–H groups in total. The van der Waals surface area contributed by atoms with Gasteiger partial charge in [-0.1, -0.05) is 279 Å². The van der Waals surface area contributed by atoms with Crippen molar-refractivity contribution in [1.82, 2.24) is 0 Å². The van der Waals surface area contributed by atoms with Crippen LogP contribution in [0.4, 0.5) is 11.4 Å². The van der Waals surface area contributed by atoms with Crippen molar-refractivity contribution in [3.05, 3.63) is 314 Å². The minimum Gasteiger partial charge on any atom is -0.368 e. The maximum Gasteiger partial charge on any atom is 0.100 e. The highest BCUT2D eigenvalue weighted by Gasteiger charge is 2.31. The number of allylic oxidation sites excluding steroid dienone is 6. The first-order chi connectivity index (χ1) is 33.6. The van der Waals surface area contributed by atoms with Crippen LogP contribution >= 0.6 is 0 Å². The van der Waals surface area contributed by atoms with Gasteiger partial charge in [0, 0.05) is 22.1 Å². The van der Waals surface area contributed by atoms with Crippen LogP contribution in [0.5, 0.6) is 0 Å². The Kier molecular flexibility index (Phi) is 11.5. The fourth-order valence-electron chi connectivity index (χ4n) is 9.78. The molecule has 0 heterocycles. The Morgan fingerprint density at radius 2 is 0.588 bits per heavy atom. The molecule has 2 heteroatoms. The molecule has 10 aromatic carbocycles. The van der Waals surface area contributed by atoms with Crippen LogP contribution in [0.1, 0.15) is 11.1 Å². The van der Waals surface area contributed by atoms with Crippen molar-refractivity contribution in [2.75, 3.05) is 10.6 Å². The molecular weight excluding hydrogens is 821 g/mol. The predicted molar refractivity (Wildman–Crippen MR) is 290 cm³/mol.